The molecule has 25 heavy (non-hydrogen) atoms. The molecule has 0 aliphatic carbocycles. The number of nitrogens with one attached hydrogen (secondary N) is 1. The molecular weight excluding hydrogens is 336 g/mol. The number of anilines is 1. The number of hydrogen-bond acceptors (Lipinski definition) is 6. The maximum absolute atomic E-state index is 12.3. The van der Waals surface area contributed by atoms with E-state index in [4.69, 9.17) is 0 Å². The van der Waals surface area contributed by atoms with Gasteiger partial charge in [0.25, 0.3) is 0 Å². The highest BCUT2D eigenvalue weighted by Crippen LogP contribution is 2.24. The SMILES string of the molecule is Cc1ccc(N2C[C@@H](O)[C@@H](NC(=O)Cc3ccc(C(C)C)s3)C2)nn1. The van der Waals surface area contributed by atoms with E-state index in [9.17, 15) is 9.90 Å². The van der Waals surface area contributed by atoms with Gasteiger partial charge in [0, 0.05) is 22.8 Å². The molecule has 2 N–H and O–H groups in total. The van der Waals surface area contributed by atoms with Gasteiger partial charge in [-0.05, 0) is 37.1 Å². The first-order chi connectivity index (χ1) is 11.9. The van der Waals surface area contributed by atoms with E-state index < -0.39 is 6.10 Å². The lowest BCUT2D eigenvalue weighted by Crippen LogP contribution is -2.43. The van der Waals surface area contributed by atoms with Crippen molar-refractivity contribution in [3.8, 4) is 0 Å². The van der Waals surface area contributed by atoms with Gasteiger partial charge in [-0.25, -0.2) is 0 Å². The number of amides is 1. The summed E-state index contributed by atoms with van der Waals surface area (Å²) in [5, 5.41) is 21.4. The van der Waals surface area contributed by atoms with Crippen LogP contribution in [0.2, 0.25) is 0 Å². The summed E-state index contributed by atoms with van der Waals surface area (Å²) >= 11 is 1.67. The second-order valence-corrected chi connectivity index (χ2v) is 8.01. The van der Waals surface area contributed by atoms with Crippen LogP contribution in [-0.4, -0.2) is 46.4 Å². The van der Waals surface area contributed by atoms with Gasteiger partial charge in [-0.1, -0.05) is 13.8 Å². The number of hydrogen-bond donors (Lipinski definition) is 2. The van der Waals surface area contributed by atoms with Crippen LogP contribution in [0, 0.1) is 6.92 Å². The van der Waals surface area contributed by atoms with Crippen molar-refractivity contribution in [2.45, 2.75) is 45.3 Å². The van der Waals surface area contributed by atoms with Gasteiger partial charge in [-0.3, -0.25) is 4.79 Å². The first kappa shape index (κ1) is 17.8. The van der Waals surface area contributed by atoms with Crippen molar-refractivity contribution in [3.63, 3.8) is 0 Å². The van der Waals surface area contributed by atoms with Crippen LogP contribution in [-0.2, 0) is 11.2 Å². The zero-order valence-electron chi connectivity index (χ0n) is 14.8. The number of nitrogens with zero attached hydrogens (tertiary/aromatic N) is 3. The van der Waals surface area contributed by atoms with Gasteiger partial charge in [-0.15, -0.1) is 16.4 Å². The Morgan fingerprint density at radius 2 is 2.12 bits per heavy atom. The van der Waals surface area contributed by atoms with E-state index >= 15 is 0 Å². The molecule has 0 aromatic carbocycles. The molecule has 1 fully saturated rings. The molecule has 3 heterocycles. The van der Waals surface area contributed by atoms with Gasteiger partial charge in [0.05, 0.1) is 24.3 Å². The van der Waals surface area contributed by atoms with Crippen molar-refractivity contribution in [1.29, 1.82) is 0 Å². The van der Waals surface area contributed by atoms with Crippen molar-refractivity contribution < 1.29 is 9.90 Å². The number of aliphatic hydroxyl groups is 1. The second kappa shape index (κ2) is 7.49. The minimum atomic E-state index is -0.610. The van der Waals surface area contributed by atoms with Crippen molar-refractivity contribution in [2.75, 3.05) is 18.0 Å². The molecule has 6 nitrogen and oxygen atoms in total. The third-order valence-electron chi connectivity index (χ3n) is 4.33. The Kier molecular flexibility index (Phi) is 5.34. The van der Waals surface area contributed by atoms with Crippen LogP contribution < -0.4 is 10.2 Å². The maximum atomic E-state index is 12.3. The highest BCUT2D eigenvalue weighted by Gasteiger charge is 2.33. The van der Waals surface area contributed by atoms with E-state index in [0.717, 1.165) is 16.4 Å². The summed E-state index contributed by atoms with van der Waals surface area (Å²) in [7, 11) is 0. The Balaban J connectivity index is 1.56. The molecule has 3 rings (SSSR count). The van der Waals surface area contributed by atoms with Crippen LogP contribution in [0.25, 0.3) is 0 Å². The van der Waals surface area contributed by atoms with Gasteiger partial charge in [-0.2, -0.15) is 5.10 Å². The lowest BCUT2D eigenvalue weighted by atomic mass is 10.2. The topological polar surface area (TPSA) is 78.4 Å². The molecule has 0 saturated carbocycles. The normalized spacial score (nSPS) is 20.3. The number of aliphatic hydroxyl groups excluding tert-OH is 1. The third-order valence-corrected chi connectivity index (χ3v) is 5.72. The largest absolute Gasteiger partial charge is 0.389 e. The standard InChI is InChI=1S/C18H24N4O2S/c1-11(2)16-6-5-13(25-16)8-18(24)19-14-9-22(10-15(14)23)17-7-4-12(3)20-21-17/h4-7,11,14-15,23H,8-10H2,1-3H3,(H,19,24)/t14-,15+/m0/s1. The van der Waals surface area contributed by atoms with Gasteiger partial charge in [0.2, 0.25) is 5.91 Å². The summed E-state index contributed by atoms with van der Waals surface area (Å²) < 4.78 is 0. The summed E-state index contributed by atoms with van der Waals surface area (Å²) in [6.45, 7) is 7.15. The average molecular weight is 360 g/mol. The quantitative estimate of drug-likeness (QED) is 0.851. The van der Waals surface area contributed by atoms with Gasteiger partial charge in [0.1, 0.15) is 0 Å². The minimum Gasteiger partial charge on any atom is -0.389 e. The van der Waals surface area contributed by atoms with E-state index in [1.54, 1.807) is 11.3 Å². The minimum absolute atomic E-state index is 0.0574. The molecular formula is C18H24N4O2S. The molecule has 2 atom stereocenters. The van der Waals surface area contributed by atoms with E-state index in [1.165, 1.54) is 4.88 Å². The fraction of sp³-hybridized carbons (Fsp3) is 0.500. The Bertz CT molecular complexity index is 729. The summed E-state index contributed by atoms with van der Waals surface area (Å²) in [5.74, 6) is 1.14. The van der Waals surface area contributed by atoms with Crippen LogP contribution in [0.4, 0.5) is 5.82 Å². The van der Waals surface area contributed by atoms with E-state index in [0.29, 0.717) is 25.4 Å². The third kappa shape index (κ3) is 4.35. The van der Waals surface area contributed by atoms with Gasteiger partial charge >= 0.3 is 0 Å². The smallest absolute Gasteiger partial charge is 0.225 e. The number of carbonyl (C=O) groups is 1. The first-order valence-electron chi connectivity index (χ1n) is 8.53. The molecule has 134 valence electrons. The van der Waals surface area contributed by atoms with Gasteiger partial charge in [0.15, 0.2) is 5.82 Å². The first-order valence-corrected chi connectivity index (χ1v) is 9.35. The Morgan fingerprint density at radius 3 is 2.76 bits per heavy atom. The summed E-state index contributed by atoms with van der Waals surface area (Å²) in [4.78, 5) is 16.6. The predicted octanol–water partition coefficient (Wildman–Crippen LogP) is 1.88. The zero-order chi connectivity index (χ0) is 18.0. The molecule has 0 spiro atoms. The summed E-state index contributed by atoms with van der Waals surface area (Å²) in [6.07, 6.45) is -0.257. The van der Waals surface area contributed by atoms with Crippen molar-refractivity contribution in [3.05, 3.63) is 39.7 Å². The van der Waals surface area contributed by atoms with E-state index in [2.05, 4.69) is 35.4 Å². The molecule has 0 radical (unpaired) electrons. The van der Waals surface area contributed by atoms with Crippen LogP contribution in [0.3, 0.4) is 0 Å². The highest BCUT2D eigenvalue weighted by molar-refractivity contribution is 7.12. The van der Waals surface area contributed by atoms with Crippen LogP contribution in [0.5, 0.6) is 0 Å². The predicted molar refractivity (Wildman–Crippen MR) is 99.0 cm³/mol. The molecule has 0 unspecified atom stereocenters. The van der Waals surface area contributed by atoms with Crippen molar-refractivity contribution in [2.24, 2.45) is 0 Å². The number of β-amino-alcohol motifs (C(OH)–C–C–N with tert-alkyl or cyclic N) is 1. The Labute approximate surface area is 151 Å². The number of aryl methyl sites for hydroxylation is 1. The van der Waals surface area contributed by atoms with Crippen molar-refractivity contribution in [1.82, 2.24) is 15.5 Å². The molecule has 7 heteroatoms. The fourth-order valence-corrected chi connectivity index (χ4v) is 3.91. The average Bonchev–Trinajstić information content (AvgIpc) is 3.16. The van der Waals surface area contributed by atoms with Gasteiger partial charge < -0.3 is 15.3 Å². The van der Waals surface area contributed by atoms with Crippen LogP contribution >= 0.6 is 11.3 Å². The maximum Gasteiger partial charge on any atom is 0.225 e. The molecule has 1 amide bonds. The number of carbonyl (C=O) groups excluding carboxylic acids is 1. The number of rotatable bonds is 5. The Hall–Kier alpha value is -1.99. The summed E-state index contributed by atoms with van der Waals surface area (Å²) in [5.41, 5.74) is 0.852. The Morgan fingerprint density at radius 1 is 1.32 bits per heavy atom. The fourth-order valence-electron chi connectivity index (χ4n) is 2.89. The molecule has 0 bridgehead atoms. The zero-order valence-corrected chi connectivity index (χ0v) is 15.6. The molecule has 2 aromatic heterocycles. The van der Waals surface area contributed by atoms with E-state index in [1.807, 2.05) is 30.0 Å². The highest BCUT2D eigenvalue weighted by atomic mass is 32.1. The second-order valence-electron chi connectivity index (χ2n) is 6.81. The summed E-state index contributed by atoms with van der Waals surface area (Å²) in [6, 6.07) is 7.58. The molecule has 1 aliphatic rings. The lowest BCUT2D eigenvalue weighted by Gasteiger charge is -2.17. The number of thiophene rings is 1. The lowest BCUT2D eigenvalue weighted by molar-refractivity contribution is -0.121. The van der Waals surface area contributed by atoms with Crippen LogP contribution in [0.1, 0.15) is 35.2 Å². The molecule has 1 aliphatic heterocycles. The van der Waals surface area contributed by atoms with Crippen LogP contribution in [0.15, 0.2) is 24.3 Å². The van der Waals surface area contributed by atoms with Crippen molar-refractivity contribution >= 4 is 23.1 Å². The number of aromatic nitrogens is 2. The van der Waals surface area contributed by atoms with E-state index in [-0.39, 0.29) is 11.9 Å². The molecule has 1 saturated heterocycles. The monoisotopic (exact) mass is 360 g/mol. The molecule has 2 aromatic rings.